The first kappa shape index (κ1) is 19.4. The van der Waals surface area contributed by atoms with Crippen molar-refractivity contribution in [2.24, 2.45) is 7.05 Å². The van der Waals surface area contributed by atoms with Crippen molar-refractivity contribution in [1.29, 1.82) is 0 Å². The minimum absolute atomic E-state index is 0.117. The Morgan fingerprint density at radius 1 is 1.22 bits per heavy atom. The summed E-state index contributed by atoms with van der Waals surface area (Å²) in [7, 11) is 3.68. The van der Waals surface area contributed by atoms with Crippen LogP contribution in [0.15, 0.2) is 36.7 Å². The molecule has 27 heavy (non-hydrogen) atoms. The van der Waals surface area contributed by atoms with Gasteiger partial charge in [0.2, 0.25) is 5.91 Å². The van der Waals surface area contributed by atoms with E-state index in [4.69, 9.17) is 4.74 Å². The smallest absolute Gasteiger partial charge is 0.244 e. The molecule has 1 unspecified atom stereocenters. The second kappa shape index (κ2) is 9.01. The zero-order valence-corrected chi connectivity index (χ0v) is 16.4. The molecule has 0 saturated carbocycles. The molecule has 1 N–H and O–H groups in total. The Morgan fingerprint density at radius 2 is 1.93 bits per heavy atom. The monoisotopic (exact) mass is 371 g/mol. The molecule has 0 aliphatic carbocycles. The van der Waals surface area contributed by atoms with Gasteiger partial charge in [-0.05, 0) is 31.7 Å². The molecule has 0 spiro atoms. The molecule has 1 saturated heterocycles. The lowest BCUT2D eigenvalue weighted by Crippen LogP contribution is -2.51. The summed E-state index contributed by atoms with van der Waals surface area (Å²) in [6, 6.07) is 7.93. The van der Waals surface area contributed by atoms with E-state index >= 15 is 0 Å². The van der Waals surface area contributed by atoms with Crippen LogP contribution in [0.3, 0.4) is 0 Å². The number of carbonyl (C=O) groups is 1. The SMILES string of the molecule is CCOc1ccc(CN2CCN(C(=O)C(NC)c3cnn(C)c3)CC2)cc1. The molecule has 0 bridgehead atoms. The molecule has 1 aliphatic rings. The molecule has 1 fully saturated rings. The molecular weight excluding hydrogens is 342 g/mol. The highest BCUT2D eigenvalue weighted by molar-refractivity contribution is 5.83. The summed E-state index contributed by atoms with van der Waals surface area (Å²) < 4.78 is 7.22. The molecule has 2 aromatic rings. The number of aryl methyl sites for hydroxylation is 1. The predicted octanol–water partition coefficient (Wildman–Crippen LogP) is 1.42. The van der Waals surface area contributed by atoms with Gasteiger partial charge in [-0.3, -0.25) is 14.4 Å². The quantitative estimate of drug-likeness (QED) is 0.798. The highest BCUT2D eigenvalue weighted by Crippen LogP contribution is 2.18. The molecule has 3 rings (SSSR count). The van der Waals surface area contributed by atoms with Crippen LogP contribution in [0.5, 0.6) is 5.75 Å². The van der Waals surface area contributed by atoms with E-state index in [1.165, 1.54) is 5.56 Å². The Kier molecular flexibility index (Phi) is 6.47. The molecule has 0 radical (unpaired) electrons. The third kappa shape index (κ3) is 4.87. The molecule has 1 aliphatic heterocycles. The van der Waals surface area contributed by atoms with E-state index in [9.17, 15) is 4.79 Å². The van der Waals surface area contributed by atoms with Crippen LogP contribution in [0.1, 0.15) is 24.1 Å². The first-order valence-electron chi connectivity index (χ1n) is 9.49. The number of nitrogens with zero attached hydrogens (tertiary/aromatic N) is 4. The number of ether oxygens (including phenoxy) is 1. The number of aromatic nitrogens is 2. The first-order valence-corrected chi connectivity index (χ1v) is 9.49. The van der Waals surface area contributed by atoms with Gasteiger partial charge >= 0.3 is 0 Å². The minimum Gasteiger partial charge on any atom is -0.494 e. The zero-order chi connectivity index (χ0) is 19.2. The van der Waals surface area contributed by atoms with Gasteiger partial charge in [-0.25, -0.2) is 0 Å². The molecule has 1 atom stereocenters. The van der Waals surface area contributed by atoms with Crippen molar-refractivity contribution in [2.45, 2.75) is 19.5 Å². The van der Waals surface area contributed by atoms with Crippen molar-refractivity contribution >= 4 is 5.91 Å². The summed E-state index contributed by atoms with van der Waals surface area (Å²) in [5.74, 6) is 1.02. The van der Waals surface area contributed by atoms with Gasteiger partial charge < -0.3 is 15.0 Å². The van der Waals surface area contributed by atoms with Crippen LogP contribution >= 0.6 is 0 Å². The van der Waals surface area contributed by atoms with Gasteiger partial charge in [-0.15, -0.1) is 0 Å². The molecule has 7 heteroatoms. The van der Waals surface area contributed by atoms with Crippen LogP contribution in [-0.4, -0.2) is 65.3 Å². The Bertz CT molecular complexity index is 735. The van der Waals surface area contributed by atoms with Crippen molar-refractivity contribution < 1.29 is 9.53 Å². The predicted molar refractivity (Wildman–Crippen MR) is 104 cm³/mol. The van der Waals surface area contributed by atoms with Crippen molar-refractivity contribution in [3.8, 4) is 5.75 Å². The van der Waals surface area contributed by atoms with E-state index in [1.54, 1.807) is 10.9 Å². The van der Waals surface area contributed by atoms with Gasteiger partial charge in [0.25, 0.3) is 0 Å². The van der Waals surface area contributed by atoms with Gasteiger partial charge in [0.05, 0.1) is 12.8 Å². The van der Waals surface area contributed by atoms with Crippen LogP contribution < -0.4 is 10.1 Å². The number of hydrogen-bond acceptors (Lipinski definition) is 5. The lowest BCUT2D eigenvalue weighted by molar-refractivity contribution is -0.135. The average molecular weight is 371 g/mol. The van der Waals surface area contributed by atoms with Gasteiger partial charge in [0.15, 0.2) is 0 Å². The zero-order valence-electron chi connectivity index (χ0n) is 16.4. The molecule has 1 amide bonds. The Morgan fingerprint density at radius 3 is 2.48 bits per heavy atom. The maximum absolute atomic E-state index is 12.9. The number of amides is 1. The lowest BCUT2D eigenvalue weighted by Gasteiger charge is -2.36. The lowest BCUT2D eigenvalue weighted by atomic mass is 10.1. The van der Waals surface area contributed by atoms with Gasteiger partial charge in [-0.2, -0.15) is 5.10 Å². The van der Waals surface area contributed by atoms with Crippen LogP contribution in [-0.2, 0) is 18.4 Å². The number of carbonyl (C=O) groups excluding carboxylic acids is 1. The molecule has 7 nitrogen and oxygen atoms in total. The first-order chi connectivity index (χ1) is 13.1. The largest absolute Gasteiger partial charge is 0.494 e. The summed E-state index contributed by atoms with van der Waals surface area (Å²) >= 11 is 0. The fraction of sp³-hybridized carbons (Fsp3) is 0.500. The third-order valence-corrected chi connectivity index (χ3v) is 4.92. The maximum atomic E-state index is 12.9. The second-order valence-electron chi connectivity index (χ2n) is 6.85. The summed E-state index contributed by atoms with van der Waals surface area (Å²) in [5, 5.41) is 7.30. The standard InChI is InChI=1S/C20H29N5O2/c1-4-27-18-7-5-16(6-8-18)14-24-9-11-25(12-10-24)20(26)19(21-2)17-13-22-23(3)15-17/h5-8,13,15,19,21H,4,9-12,14H2,1-3H3. The molecule has 1 aromatic heterocycles. The van der Waals surface area contributed by atoms with E-state index < -0.39 is 0 Å². The molecular formula is C20H29N5O2. The normalized spacial score (nSPS) is 16.3. The van der Waals surface area contributed by atoms with Crippen molar-refractivity contribution in [3.05, 3.63) is 47.8 Å². The summed E-state index contributed by atoms with van der Waals surface area (Å²) in [4.78, 5) is 17.2. The van der Waals surface area contributed by atoms with Gasteiger partial charge in [0, 0.05) is 51.5 Å². The fourth-order valence-corrected chi connectivity index (χ4v) is 3.45. The second-order valence-corrected chi connectivity index (χ2v) is 6.85. The van der Waals surface area contributed by atoms with Crippen LogP contribution in [0, 0.1) is 0 Å². The fourth-order valence-electron chi connectivity index (χ4n) is 3.45. The number of piperazine rings is 1. The molecule has 1 aromatic carbocycles. The van der Waals surface area contributed by atoms with E-state index in [1.807, 2.05) is 44.2 Å². The van der Waals surface area contributed by atoms with Crippen molar-refractivity contribution in [1.82, 2.24) is 24.9 Å². The Hall–Kier alpha value is -2.38. The Labute approximate surface area is 160 Å². The number of rotatable bonds is 7. The van der Waals surface area contributed by atoms with E-state index in [2.05, 4.69) is 27.4 Å². The summed E-state index contributed by atoms with van der Waals surface area (Å²) in [6.07, 6.45) is 3.64. The van der Waals surface area contributed by atoms with Crippen molar-refractivity contribution in [2.75, 3.05) is 39.8 Å². The maximum Gasteiger partial charge on any atom is 0.244 e. The average Bonchev–Trinajstić information content (AvgIpc) is 3.11. The van der Waals surface area contributed by atoms with Crippen LogP contribution in [0.2, 0.25) is 0 Å². The van der Waals surface area contributed by atoms with E-state index in [0.717, 1.165) is 44.0 Å². The molecule has 2 heterocycles. The van der Waals surface area contributed by atoms with Crippen LogP contribution in [0.25, 0.3) is 0 Å². The number of likely N-dealkylation sites (N-methyl/N-ethyl adjacent to an activating group) is 1. The summed E-state index contributed by atoms with van der Waals surface area (Å²) in [5.41, 5.74) is 2.17. The van der Waals surface area contributed by atoms with Gasteiger partial charge in [0.1, 0.15) is 11.8 Å². The third-order valence-electron chi connectivity index (χ3n) is 4.92. The Balaban J connectivity index is 1.52. The van der Waals surface area contributed by atoms with Gasteiger partial charge in [-0.1, -0.05) is 12.1 Å². The highest BCUT2D eigenvalue weighted by atomic mass is 16.5. The number of hydrogen-bond donors (Lipinski definition) is 1. The van der Waals surface area contributed by atoms with Crippen LogP contribution in [0.4, 0.5) is 0 Å². The minimum atomic E-state index is -0.337. The molecule has 146 valence electrons. The van der Waals surface area contributed by atoms with E-state index in [-0.39, 0.29) is 11.9 Å². The van der Waals surface area contributed by atoms with Crippen molar-refractivity contribution in [3.63, 3.8) is 0 Å². The van der Waals surface area contributed by atoms with E-state index in [0.29, 0.717) is 6.61 Å². The number of nitrogens with one attached hydrogen (secondary N) is 1. The topological polar surface area (TPSA) is 62.6 Å². The number of benzene rings is 1. The highest BCUT2D eigenvalue weighted by Gasteiger charge is 2.28. The summed E-state index contributed by atoms with van der Waals surface area (Å²) in [6.45, 7) is 6.81.